The quantitative estimate of drug-likeness (QED) is 0.759. The van der Waals surface area contributed by atoms with Crippen LogP contribution in [0.25, 0.3) is 0 Å². The van der Waals surface area contributed by atoms with Crippen LogP contribution in [0.15, 0.2) is 16.7 Å². The lowest BCUT2D eigenvalue weighted by Crippen LogP contribution is -2.56. The Balaban J connectivity index is 2.20. The molecule has 1 saturated heterocycles. The third-order valence-corrected chi connectivity index (χ3v) is 4.09. The minimum atomic E-state index is -0.531. The number of nitrogens with one attached hydrogen (secondary N) is 1. The van der Waals surface area contributed by atoms with Gasteiger partial charge in [0.2, 0.25) is 0 Å². The third kappa shape index (κ3) is 5.58. The molecule has 0 radical (unpaired) electrons. The summed E-state index contributed by atoms with van der Waals surface area (Å²) in [6.07, 6.45) is -0.325. The van der Waals surface area contributed by atoms with E-state index in [2.05, 4.69) is 26.2 Å². The number of pyridine rings is 1. The molecule has 0 saturated carbocycles. The van der Waals surface area contributed by atoms with E-state index in [0.29, 0.717) is 29.5 Å². The molecule has 0 spiro atoms. The molecule has 0 aromatic carbocycles. The van der Waals surface area contributed by atoms with E-state index in [0.717, 1.165) is 5.56 Å². The Morgan fingerprint density at radius 3 is 2.75 bits per heavy atom. The molecule has 8 heteroatoms. The molecule has 1 fully saturated rings. The summed E-state index contributed by atoms with van der Waals surface area (Å²) >= 11 is 9.41. The van der Waals surface area contributed by atoms with E-state index in [-0.39, 0.29) is 18.2 Å². The summed E-state index contributed by atoms with van der Waals surface area (Å²) in [4.78, 5) is 18.3. The summed E-state index contributed by atoms with van der Waals surface area (Å²) in [6.45, 7) is 7.09. The van der Waals surface area contributed by atoms with Crippen molar-refractivity contribution in [2.75, 3.05) is 26.8 Å². The van der Waals surface area contributed by atoms with Crippen LogP contribution >= 0.6 is 27.5 Å². The number of carbonyl (C=O) groups is 1. The van der Waals surface area contributed by atoms with Gasteiger partial charge in [0, 0.05) is 26.2 Å². The first-order valence-electron chi connectivity index (χ1n) is 7.74. The molecular weight excluding hydrogens is 398 g/mol. The molecule has 0 bridgehead atoms. The second-order valence-electron chi connectivity index (χ2n) is 6.80. The smallest absolute Gasteiger partial charge is 0.410 e. The van der Waals surface area contributed by atoms with Gasteiger partial charge in [0.15, 0.2) is 0 Å². The summed E-state index contributed by atoms with van der Waals surface area (Å²) in [5.74, 6) is 0. The van der Waals surface area contributed by atoms with Crippen LogP contribution in [0.2, 0.25) is 5.15 Å². The van der Waals surface area contributed by atoms with Crippen molar-refractivity contribution in [3.8, 4) is 0 Å². The van der Waals surface area contributed by atoms with Crippen molar-refractivity contribution < 1.29 is 14.3 Å². The van der Waals surface area contributed by atoms with Crippen molar-refractivity contribution in [1.29, 1.82) is 0 Å². The lowest BCUT2D eigenvalue weighted by atomic mass is 10.0. The molecule has 1 aromatic heterocycles. The van der Waals surface area contributed by atoms with Gasteiger partial charge in [0.1, 0.15) is 15.4 Å². The number of aromatic nitrogens is 1. The van der Waals surface area contributed by atoms with Gasteiger partial charge in [0.25, 0.3) is 0 Å². The molecule has 0 aliphatic carbocycles. The van der Waals surface area contributed by atoms with Crippen LogP contribution in [0.3, 0.4) is 0 Å². The Morgan fingerprint density at radius 1 is 1.46 bits per heavy atom. The van der Waals surface area contributed by atoms with Crippen LogP contribution < -0.4 is 5.32 Å². The van der Waals surface area contributed by atoms with Gasteiger partial charge >= 0.3 is 6.09 Å². The van der Waals surface area contributed by atoms with Crippen molar-refractivity contribution in [2.24, 2.45) is 0 Å². The number of nitrogens with zero attached hydrogens (tertiary/aromatic N) is 2. The maximum absolute atomic E-state index is 12.5. The molecule has 2 unspecified atom stereocenters. The zero-order chi connectivity index (χ0) is 17.9. The van der Waals surface area contributed by atoms with Gasteiger partial charge in [0.05, 0.1) is 12.6 Å². The highest BCUT2D eigenvalue weighted by Gasteiger charge is 2.33. The monoisotopic (exact) mass is 419 g/mol. The average Bonchev–Trinajstić information content (AvgIpc) is 2.44. The number of halogens is 2. The predicted octanol–water partition coefficient (Wildman–Crippen LogP) is 3.39. The minimum absolute atomic E-state index is 0.00647. The van der Waals surface area contributed by atoms with Crippen molar-refractivity contribution in [3.05, 3.63) is 27.5 Å². The topological polar surface area (TPSA) is 63.7 Å². The number of rotatable bonds is 3. The standard InChI is InChI=1S/C16H23BrClN3O3/c1-16(2,3)24-15(22)21-7-11(9-23-4)19-12(8-21)10-5-13(17)20-14(18)6-10/h5-6,11-12,19H,7-9H2,1-4H3. The molecule has 1 aliphatic heterocycles. The molecular formula is C16H23BrClN3O3. The van der Waals surface area contributed by atoms with E-state index < -0.39 is 5.60 Å². The van der Waals surface area contributed by atoms with E-state index in [9.17, 15) is 4.79 Å². The van der Waals surface area contributed by atoms with Crippen LogP contribution in [-0.2, 0) is 9.47 Å². The van der Waals surface area contributed by atoms with Crippen LogP contribution in [-0.4, -0.2) is 54.4 Å². The van der Waals surface area contributed by atoms with Crippen LogP contribution in [0, 0.1) is 0 Å². The Kier molecular flexibility index (Phi) is 6.47. The molecule has 2 atom stereocenters. The van der Waals surface area contributed by atoms with E-state index in [1.807, 2.05) is 26.8 Å². The van der Waals surface area contributed by atoms with Crippen LogP contribution in [0.5, 0.6) is 0 Å². The van der Waals surface area contributed by atoms with Gasteiger partial charge in [-0.15, -0.1) is 0 Å². The zero-order valence-corrected chi connectivity index (χ0v) is 16.6. The van der Waals surface area contributed by atoms with Gasteiger partial charge in [-0.1, -0.05) is 11.6 Å². The summed E-state index contributed by atoms with van der Waals surface area (Å²) < 4.78 is 11.4. The van der Waals surface area contributed by atoms with Crippen molar-refractivity contribution >= 4 is 33.6 Å². The van der Waals surface area contributed by atoms with E-state index >= 15 is 0 Å². The zero-order valence-electron chi connectivity index (χ0n) is 14.3. The molecule has 2 heterocycles. The summed E-state index contributed by atoms with van der Waals surface area (Å²) in [6, 6.07) is 3.62. The first kappa shape index (κ1) is 19.4. The fourth-order valence-corrected chi connectivity index (χ4v) is 3.39. The molecule has 24 heavy (non-hydrogen) atoms. The van der Waals surface area contributed by atoms with Gasteiger partial charge in [-0.25, -0.2) is 9.78 Å². The molecule has 1 N–H and O–H groups in total. The Labute approximate surface area is 156 Å². The second-order valence-corrected chi connectivity index (χ2v) is 8.00. The maximum atomic E-state index is 12.5. The van der Waals surface area contributed by atoms with Gasteiger partial charge in [-0.3, -0.25) is 0 Å². The fraction of sp³-hybridized carbons (Fsp3) is 0.625. The van der Waals surface area contributed by atoms with Gasteiger partial charge in [-0.2, -0.15) is 0 Å². The van der Waals surface area contributed by atoms with E-state index in [4.69, 9.17) is 21.1 Å². The lowest BCUT2D eigenvalue weighted by molar-refractivity contribution is 0.0105. The lowest BCUT2D eigenvalue weighted by Gasteiger charge is -2.39. The third-order valence-electron chi connectivity index (χ3n) is 3.49. The van der Waals surface area contributed by atoms with Crippen molar-refractivity contribution in [2.45, 2.75) is 38.5 Å². The molecule has 6 nitrogen and oxygen atoms in total. The Morgan fingerprint density at radius 2 is 2.17 bits per heavy atom. The first-order chi connectivity index (χ1) is 11.2. The maximum Gasteiger partial charge on any atom is 0.410 e. The molecule has 1 aliphatic rings. The molecule has 134 valence electrons. The number of hydrogen-bond donors (Lipinski definition) is 1. The summed E-state index contributed by atoms with van der Waals surface area (Å²) in [5.41, 5.74) is 0.424. The number of hydrogen-bond acceptors (Lipinski definition) is 5. The van der Waals surface area contributed by atoms with Crippen molar-refractivity contribution in [3.63, 3.8) is 0 Å². The fourth-order valence-electron chi connectivity index (χ4n) is 2.61. The number of carbonyl (C=O) groups excluding carboxylic acids is 1. The number of methoxy groups -OCH3 is 1. The minimum Gasteiger partial charge on any atom is -0.444 e. The molecule has 2 rings (SSSR count). The van der Waals surface area contributed by atoms with Crippen LogP contribution in [0.4, 0.5) is 4.79 Å². The Bertz CT molecular complexity index is 574. The highest BCUT2D eigenvalue weighted by atomic mass is 79.9. The SMILES string of the molecule is COCC1CN(C(=O)OC(C)(C)C)CC(c2cc(Cl)nc(Br)c2)N1. The number of piperazine rings is 1. The van der Waals surface area contributed by atoms with Gasteiger partial charge < -0.3 is 19.7 Å². The summed E-state index contributed by atoms with van der Waals surface area (Å²) in [7, 11) is 1.64. The average molecular weight is 421 g/mol. The predicted molar refractivity (Wildman–Crippen MR) is 96.3 cm³/mol. The summed E-state index contributed by atoms with van der Waals surface area (Å²) in [5, 5.41) is 3.89. The normalized spacial score (nSPS) is 21.7. The highest BCUT2D eigenvalue weighted by Crippen LogP contribution is 2.25. The number of amides is 1. The largest absolute Gasteiger partial charge is 0.444 e. The van der Waals surface area contributed by atoms with Gasteiger partial charge in [-0.05, 0) is 54.4 Å². The highest BCUT2D eigenvalue weighted by molar-refractivity contribution is 9.10. The molecule has 1 aromatic rings. The number of ether oxygens (including phenoxy) is 2. The molecule has 1 amide bonds. The Hall–Kier alpha value is -0.890. The first-order valence-corrected chi connectivity index (χ1v) is 8.91. The van der Waals surface area contributed by atoms with Crippen LogP contribution in [0.1, 0.15) is 32.4 Å². The van der Waals surface area contributed by atoms with E-state index in [1.165, 1.54) is 0 Å². The van der Waals surface area contributed by atoms with Crippen molar-refractivity contribution in [1.82, 2.24) is 15.2 Å². The second kappa shape index (κ2) is 7.99. The van der Waals surface area contributed by atoms with E-state index in [1.54, 1.807) is 18.1 Å².